The Labute approximate surface area is 156 Å². The lowest BCUT2D eigenvalue weighted by molar-refractivity contribution is -0.136. The lowest BCUT2D eigenvalue weighted by Gasteiger charge is -2.36. The Morgan fingerprint density at radius 1 is 0.923 bits per heavy atom. The molecule has 1 aromatic carbocycles. The van der Waals surface area contributed by atoms with Crippen LogP contribution in [0.25, 0.3) is 0 Å². The summed E-state index contributed by atoms with van der Waals surface area (Å²) in [6, 6.07) is 10.4. The Kier molecular flexibility index (Phi) is 6.01. The van der Waals surface area contributed by atoms with Crippen molar-refractivity contribution < 1.29 is 9.59 Å². The average Bonchev–Trinajstić information content (AvgIpc) is 2.94. The summed E-state index contributed by atoms with van der Waals surface area (Å²) in [5.74, 6) is 0.159. The van der Waals surface area contributed by atoms with E-state index in [4.69, 9.17) is 0 Å². The molecule has 0 unspecified atom stereocenters. The zero-order valence-electron chi connectivity index (χ0n) is 15.9. The van der Waals surface area contributed by atoms with Crippen molar-refractivity contribution in [3.8, 4) is 0 Å². The number of para-hydroxylation sites is 1. The van der Waals surface area contributed by atoms with E-state index in [0.29, 0.717) is 6.54 Å². The minimum Gasteiger partial charge on any atom is -0.370 e. The highest BCUT2D eigenvalue weighted by Crippen LogP contribution is 2.22. The molecular weight excluding hydrogens is 328 g/mol. The minimum atomic E-state index is -0.0593. The van der Waals surface area contributed by atoms with Gasteiger partial charge in [0.1, 0.15) is 0 Å². The number of urea groups is 1. The third kappa shape index (κ3) is 4.29. The first-order valence-corrected chi connectivity index (χ1v) is 9.61. The molecule has 2 fully saturated rings. The molecule has 0 bridgehead atoms. The van der Waals surface area contributed by atoms with E-state index in [1.165, 1.54) is 5.69 Å². The summed E-state index contributed by atoms with van der Waals surface area (Å²) in [5, 5.41) is 0. The normalized spacial score (nSPS) is 21.3. The van der Waals surface area contributed by atoms with Crippen molar-refractivity contribution in [3.05, 3.63) is 30.3 Å². The van der Waals surface area contributed by atoms with Gasteiger partial charge in [-0.15, -0.1) is 0 Å². The van der Waals surface area contributed by atoms with Crippen molar-refractivity contribution in [1.82, 2.24) is 14.7 Å². The van der Waals surface area contributed by atoms with Crippen molar-refractivity contribution >= 4 is 17.6 Å². The lowest BCUT2D eigenvalue weighted by atomic mass is 9.96. The van der Waals surface area contributed by atoms with Crippen LogP contribution in [0.3, 0.4) is 0 Å². The molecule has 3 amide bonds. The fraction of sp³-hybridized carbons (Fsp3) is 0.600. The van der Waals surface area contributed by atoms with E-state index in [-0.39, 0.29) is 17.9 Å². The first-order valence-electron chi connectivity index (χ1n) is 9.61. The van der Waals surface area contributed by atoms with Crippen LogP contribution >= 0.6 is 0 Å². The summed E-state index contributed by atoms with van der Waals surface area (Å²) in [6.45, 7) is 4.70. The molecular formula is C20H30N4O2. The molecule has 1 atom stereocenters. The highest BCUT2D eigenvalue weighted by molar-refractivity contribution is 5.81. The average molecular weight is 358 g/mol. The molecule has 0 spiro atoms. The van der Waals surface area contributed by atoms with E-state index in [1.807, 2.05) is 15.9 Å². The molecule has 2 aliphatic heterocycles. The highest BCUT2D eigenvalue weighted by Gasteiger charge is 2.32. The smallest absolute Gasteiger partial charge is 0.319 e. The van der Waals surface area contributed by atoms with Crippen molar-refractivity contribution in [1.29, 1.82) is 0 Å². The van der Waals surface area contributed by atoms with Crippen LogP contribution in [-0.2, 0) is 4.79 Å². The predicted octanol–water partition coefficient (Wildman–Crippen LogP) is 2.12. The summed E-state index contributed by atoms with van der Waals surface area (Å²) < 4.78 is 0. The Bertz CT molecular complexity index is 619. The molecule has 2 saturated heterocycles. The van der Waals surface area contributed by atoms with Crippen LogP contribution in [0.5, 0.6) is 0 Å². The number of nitrogens with zero attached hydrogens (tertiary/aromatic N) is 4. The van der Waals surface area contributed by atoms with Gasteiger partial charge in [-0.05, 0) is 31.4 Å². The van der Waals surface area contributed by atoms with Crippen LogP contribution in [-0.4, -0.2) is 80.0 Å². The van der Waals surface area contributed by atoms with Gasteiger partial charge in [-0.25, -0.2) is 4.79 Å². The maximum Gasteiger partial charge on any atom is 0.319 e. The number of hydrogen-bond acceptors (Lipinski definition) is 3. The SMILES string of the molecule is CN(C)C(=O)N1CCC[C@@H](C(=O)N2CCCN(c3ccccc3)CC2)C1. The molecule has 0 N–H and O–H groups in total. The number of carbonyl (C=O) groups is 2. The van der Waals surface area contributed by atoms with Gasteiger partial charge >= 0.3 is 6.03 Å². The number of amides is 3. The first kappa shape index (κ1) is 18.5. The Hall–Kier alpha value is -2.24. The molecule has 0 radical (unpaired) electrons. The number of piperidine rings is 1. The molecule has 6 nitrogen and oxygen atoms in total. The van der Waals surface area contributed by atoms with Gasteiger partial charge in [-0.2, -0.15) is 0 Å². The van der Waals surface area contributed by atoms with Crippen molar-refractivity contribution in [2.45, 2.75) is 19.3 Å². The second kappa shape index (κ2) is 8.43. The topological polar surface area (TPSA) is 47.1 Å². The predicted molar refractivity (Wildman–Crippen MR) is 103 cm³/mol. The van der Waals surface area contributed by atoms with Gasteiger partial charge in [-0.1, -0.05) is 18.2 Å². The molecule has 142 valence electrons. The van der Waals surface area contributed by atoms with Gasteiger partial charge < -0.3 is 19.6 Å². The lowest BCUT2D eigenvalue weighted by Crippen LogP contribution is -2.49. The third-order valence-electron chi connectivity index (χ3n) is 5.35. The molecule has 0 aliphatic carbocycles. The summed E-state index contributed by atoms with van der Waals surface area (Å²) in [4.78, 5) is 33.0. The fourth-order valence-corrected chi connectivity index (χ4v) is 3.93. The molecule has 0 aromatic heterocycles. The number of hydrogen-bond donors (Lipinski definition) is 0. The van der Waals surface area contributed by atoms with E-state index >= 15 is 0 Å². The first-order chi connectivity index (χ1) is 12.6. The van der Waals surface area contributed by atoms with E-state index in [9.17, 15) is 9.59 Å². The number of benzene rings is 1. The summed E-state index contributed by atoms with van der Waals surface area (Å²) in [5.41, 5.74) is 1.22. The molecule has 1 aromatic rings. The number of carbonyl (C=O) groups excluding carboxylic acids is 2. The van der Waals surface area contributed by atoms with E-state index in [2.05, 4.69) is 29.2 Å². The Morgan fingerprint density at radius 2 is 1.65 bits per heavy atom. The third-order valence-corrected chi connectivity index (χ3v) is 5.35. The van der Waals surface area contributed by atoms with Crippen LogP contribution in [0.15, 0.2) is 30.3 Å². The highest BCUT2D eigenvalue weighted by atomic mass is 16.2. The standard InChI is InChI=1S/C20H30N4O2/c1-21(2)20(26)24-11-6-8-17(16-24)19(25)23-13-7-12-22(14-15-23)18-9-4-3-5-10-18/h3-5,9-10,17H,6-8,11-16H2,1-2H3/t17-/m1/s1. The summed E-state index contributed by atoms with van der Waals surface area (Å²) in [7, 11) is 3.53. The van der Waals surface area contributed by atoms with Crippen LogP contribution in [0, 0.1) is 5.92 Å². The second-order valence-electron chi connectivity index (χ2n) is 7.46. The van der Waals surface area contributed by atoms with Gasteiger partial charge in [0.2, 0.25) is 5.91 Å². The largest absolute Gasteiger partial charge is 0.370 e. The van der Waals surface area contributed by atoms with Gasteiger partial charge in [0.25, 0.3) is 0 Å². The molecule has 3 rings (SSSR count). The Morgan fingerprint density at radius 3 is 2.38 bits per heavy atom. The molecule has 0 saturated carbocycles. The molecule has 2 heterocycles. The monoisotopic (exact) mass is 358 g/mol. The molecule has 26 heavy (non-hydrogen) atoms. The van der Waals surface area contributed by atoms with E-state index < -0.39 is 0 Å². The van der Waals surface area contributed by atoms with Gasteiger partial charge in [0.15, 0.2) is 0 Å². The van der Waals surface area contributed by atoms with Gasteiger partial charge in [0.05, 0.1) is 5.92 Å². The van der Waals surface area contributed by atoms with Crippen molar-refractivity contribution in [2.24, 2.45) is 5.92 Å². The van der Waals surface area contributed by atoms with E-state index in [1.54, 1.807) is 19.0 Å². The van der Waals surface area contributed by atoms with Crippen molar-refractivity contribution in [3.63, 3.8) is 0 Å². The van der Waals surface area contributed by atoms with Gasteiger partial charge in [-0.3, -0.25) is 4.79 Å². The van der Waals surface area contributed by atoms with Crippen LogP contribution in [0.2, 0.25) is 0 Å². The van der Waals surface area contributed by atoms with E-state index in [0.717, 1.165) is 52.0 Å². The fourth-order valence-electron chi connectivity index (χ4n) is 3.93. The quantitative estimate of drug-likeness (QED) is 0.814. The van der Waals surface area contributed by atoms with Crippen LogP contribution < -0.4 is 4.90 Å². The number of likely N-dealkylation sites (tertiary alicyclic amines) is 1. The molecule has 2 aliphatic rings. The maximum absolute atomic E-state index is 13.0. The maximum atomic E-state index is 13.0. The summed E-state index contributed by atoms with van der Waals surface area (Å²) in [6.07, 6.45) is 2.77. The van der Waals surface area contributed by atoms with Crippen LogP contribution in [0.1, 0.15) is 19.3 Å². The molecule has 6 heteroatoms. The summed E-state index contributed by atoms with van der Waals surface area (Å²) >= 11 is 0. The number of anilines is 1. The minimum absolute atomic E-state index is 0.00798. The van der Waals surface area contributed by atoms with Gasteiger partial charge in [0, 0.05) is 59.1 Å². The second-order valence-corrected chi connectivity index (χ2v) is 7.46. The zero-order valence-corrected chi connectivity index (χ0v) is 15.9. The zero-order chi connectivity index (χ0) is 18.5. The number of rotatable bonds is 2. The van der Waals surface area contributed by atoms with Crippen LogP contribution in [0.4, 0.5) is 10.5 Å². The van der Waals surface area contributed by atoms with Crippen molar-refractivity contribution in [2.75, 3.05) is 58.3 Å². The Balaban J connectivity index is 1.58.